The Morgan fingerprint density at radius 1 is 1.47 bits per heavy atom. The predicted octanol–water partition coefficient (Wildman–Crippen LogP) is 2.05. The highest BCUT2D eigenvalue weighted by molar-refractivity contribution is 5.24. The summed E-state index contributed by atoms with van der Waals surface area (Å²) in [6, 6.07) is 0.196. The zero-order valence-electron chi connectivity index (χ0n) is 11.0. The quantitative estimate of drug-likeness (QED) is 0.815. The van der Waals surface area contributed by atoms with E-state index in [-0.39, 0.29) is 11.6 Å². The maximum atomic E-state index is 5.99. The van der Waals surface area contributed by atoms with Gasteiger partial charge in [-0.05, 0) is 25.3 Å². The first kappa shape index (κ1) is 12.7. The Kier molecular flexibility index (Phi) is 3.89. The molecule has 96 valence electrons. The van der Waals surface area contributed by atoms with E-state index in [1.165, 1.54) is 5.70 Å². The summed E-state index contributed by atoms with van der Waals surface area (Å²) in [5.41, 5.74) is 7.23. The number of nitrogens with two attached hydrogens (primary N) is 1. The molecule has 2 N–H and O–H groups in total. The number of nitrogens with zero attached hydrogens (tertiary/aromatic N) is 1. The fraction of sp³-hybridized carbons (Fsp3) is 0.714. The summed E-state index contributed by atoms with van der Waals surface area (Å²) in [5.74, 6) is 0. The first-order valence-corrected chi connectivity index (χ1v) is 6.72. The molecular formula is C14H24N2O. The average Bonchev–Trinajstić information content (AvgIpc) is 2.39. The number of ether oxygens (including phenoxy) is 1. The number of allylic oxidation sites excluding steroid dienone is 1. The van der Waals surface area contributed by atoms with Crippen LogP contribution < -0.4 is 5.73 Å². The molecule has 2 rings (SSSR count). The van der Waals surface area contributed by atoms with E-state index in [0.717, 1.165) is 39.0 Å². The van der Waals surface area contributed by atoms with Crippen molar-refractivity contribution >= 4 is 0 Å². The van der Waals surface area contributed by atoms with Crippen molar-refractivity contribution in [1.29, 1.82) is 0 Å². The zero-order valence-corrected chi connectivity index (χ0v) is 11.0. The fourth-order valence-electron chi connectivity index (χ4n) is 2.60. The number of hydrogen-bond donors (Lipinski definition) is 1. The van der Waals surface area contributed by atoms with Crippen LogP contribution >= 0.6 is 0 Å². The standard InChI is InChI=1S/C14H24N2O/c1-3-14(4-2)11-16(9-10-17-14)13-7-5-12(15)6-8-13/h5,7-8,12H,3-4,6,9-11,15H2,1-2H3. The van der Waals surface area contributed by atoms with E-state index in [4.69, 9.17) is 10.5 Å². The van der Waals surface area contributed by atoms with Gasteiger partial charge in [-0.1, -0.05) is 26.0 Å². The molecule has 0 aromatic heterocycles. The van der Waals surface area contributed by atoms with Crippen LogP contribution in [0.3, 0.4) is 0 Å². The molecule has 1 aliphatic carbocycles. The van der Waals surface area contributed by atoms with Gasteiger partial charge in [0.15, 0.2) is 0 Å². The summed E-state index contributed by atoms with van der Waals surface area (Å²) >= 11 is 0. The molecule has 1 saturated heterocycles. The highest BCUT2D eigenvalue weighted by Crippen LogP contribution is 2.28. The van der Waals surface area contributed by atoms with E-state index in [2.05, 4.69) is 37.0 Å². The van der Waals surface area contributed by atoms with Crippen molar-refractivity contribution in [2.45, 2.75) is 44.8 Å². The second-order valence-electron chi connectivity index (χ2n) is 5.05. The van der Waals surface area contributed by atoms with Gasteiger partial charge in [0.25, 0.3) is 0 Å². The second-order valence-corrected chi connectivity index (χ2v) is 5.05. The van der Waals surface area contributed by atoms with Crippen molar-refractivity contribution in [1.82, 2.24) is 4.90 Å². The molecule has 0 bridgehead atoms. The first-order valence-electron chi connectivity index (χ1n) is 6.72. The molecule has 17 heavy (non-hydrogen) atoms. The highest BCUT2D eigenvalue weighted by Gasteiger charge is 2.33. The highest BCUT2D eigenvalue weighted by atomic mass is 16.5. The SMILES string of the molecule is CCC1(CC)CN(C2=CCC(N)C=C2)CCO1. The Labute approximate surface area is 104 Å². The zero-order chi connectivity index (χ0) is 12.3. The summed E-state index contributed by atoms with van der Waals surface area (Å²) in [7, 11) is 0. The maximum Gasteiger partial charge on any atom is 0.0852 e. The molecular weight excluding hydrogens is 212 g/mol. The van der Waals surface area contributed by atoms with E-state index in [0.29, 0.717) is 0 Å². The van der Waals surface area contributed by atoms with E-state index in [1.54, 1.807) is 0 Å². The Balaban J connectivity index is 2.05. The molecule has 0 spiro atoms. The summed E-state index contributed by atoms with van der Waals surface area (Å²) in [6.07, 6.45) is 9.63. The van der Waals surface area contributed by atoms with Crippen molar-refractivity contribution in [3.05, 3.63) is 23.9 Å². The first-order chi connectivity index (χ1) is 8.19. The van der Waals surface area contributed by atoms with E-state index < -0.39 is 0 Å². The molecule has 3 nitrogen and oxygen atoms in total. The van der Waals surface area contributed by atoms with Crippen molar-refractivity contribution in [2.24, 2.45) is 5.73 Å². The minimum Gasteiger partial charge on any atom is -0.371 e. The van der Waals surface area contributed by atoms with Gasteiger partial charge >= 0.3 is 0 Å². The van der Waals surface area contributed by atoms with Crippen LogP contribution in [0, 0.1) is 0 Å². The molecule has 0 radical (unpaired) electrons. The predicted molar refractivity (Wildman–Crippen MR) is 70.7 cm³/mol. The van der Waals surface area contributed by atoms with Gasteiger partial charge in [0.2, 0.25) is 0 Å². The lowest BCUT2D eigenvalue weighted by Gasteiger charge is -2.43. The topological polar surface area (TPSA) is 38.5 Å². The number of rotatable bonds is 3. The number of morpholine rings is 1. The Hall–Kier alpha value is -0.800. The fourth-order valence-corrected chi connectivity index (χ4v) is 2.60. The Morgan fingerprint density at radius 3 is 2.82 bits per heavy atom. The Morgan fingerprint density at radius 2 is 2.24 bits per heavy atom. The summed E-state index contributed by atoms with van der Waals surface area (Å²) in [6.45, 7) is 7.26. The van der Waals surface area contributed by atoms with Gasteiger partial charge in [0.05, 0.1) is 12.2 Å². The third-order valence-corrected chi connectivity index (χ3v) is 4.02. The smallest absolute Gasteiger partial charge is 0.0852 e. The van der Waals surface area contributed by atoms with Crippen LogP contribution in [0.1, 0.15) is 33.1 Å². The van der Waals surface area contributed by atoms with Crippen LogP contribution in [0.2, 0.25) is 0 Å². The van der Waals surface area contributed by atoms with Crippen molar-refractivity contribution in [2.75, 3.05) is 19.7 Å². The van der Waals surface area contributed by atoms with Gasteiger partial charge in [-0.15, -0.1) is 0 Å². The normalized spacial score (nSPS) is 28.1. The minimum atomic E-state index is 0.0481. The molecule has 2 aliphatic rings. The molecule has 0 aromatic rings. The van der Waals surface area contributed by atoms with E-state index >= 15 is 0 Å². The lowest BCUT2D eigenvalue weighted by atomic mass is 9.94. The van der Waals surface area contributed by atoms with Crippen molar-refractivity contribution in [3.8, 4) is 0 Å². The number of hydrogen-bond acceptors (Lipinski definition) is 3. The average molecular weight is 236 g/mol. The molecule has 0 saturated carbocycles. The molecule has 1 atom stereocenters. The molecule has 0 aromatic carbocycles. The van der Waals surface area contributed by atoms with Crippen LogP contribution in [0.5, 0.6) is 0 Å². The van der Waals surface area contributed by atoms with Gasteiger partial charge in [0, 0.05) is 24.8 Å². The van der Waals surface area contributed by atoms with Crippen molar-refractivity contribution < 1.29 is 4.74 Å². The molecule has 1 heterocycles. The molecule has 0 amide bonds. The van der Waals surface area contributed by atoms with Crippen molar-refractivity contribution in [3.63, 3.8) is 0 Å². The Bertz CT molecular complexity index is 318. The van der Waals surface area contributed by atoms with Crippen LogP contribution in [0.25, 0.3) is 0 Å². The molecule has 1 fully saturated rings. The lowest BCUT2D eigenvalue weighted by molar-refractivity contribution is -0.104. The van der Waals surface area contributed by atoms with Gasteiger partial charge < -0.3 is 15.4 Å². The third-order valence-electron chi connectivity index (χ3n) is 4.02. The monoisotopic (exact) mass is 236 g/mol. The lowest BCUT2D eigenvalue weighted by Crippen LogP contribution is -2.50. The summed E-state index contributed by atoms with van der Waals surface area (Å²) < 4.78 is 5.99. The molecule has 3 heteroatoms. The summed E-state index contributed by atoms with van der Waals surface area (Å²) in [5, 5.41) is 0. The van der Waals surface area contributed by atoms with E-state index in [9.17, 15) is 0 Å². The van der Waals surface area contributed by atoms with Gasteiger partial charge in [-0.25, -0.2) is 0 Å². The third kappa shape index (κ3) is 2.72. The second kappa shape index (κ2) is 5.23. The van der Waals surface area contributed by atoms with E-state index in [1.807, 2.05) is 0 Å². The molecule has 1 aliphatic heterocycles. The van der Waals surface area contributed by atoms with Gasteiger partial charge in [-0.2, -0.15) is 0 Å². The minimum absolute atomic E-state index is 0.0481. The van der Waals surface area contributed by atoms with Gasteiger partial charge in [-0.3, -0.25) is 0 Å². The summed E-state index contributed by atoms with van der Waals surface area (Å²) in [4.78, 5) is 2.44. The molecule has 1 unspecified atom stereocenters. The van der Waals surface area contributed by atoms with Crippen LogP contribution in [0.15, 0.2) is 23.9 Å². The van der Waals surface area contributed by atoms with Crippen LogP contribution in [0.4, 0.5) is 0 Å². The largest absolute Gasteiger partial charge is 0.371 e. The van der Waals surface area contributed by atoms with Crippen LogP contribution in [-0.4, -0.2) is 36.2 Å². The maximum absolute atomic E-state index is 5.99. The van der Waals surface area contributed by atoms with Gasteiger partial charge in [0.1, 0.15) is 0 Å². The van der Waals surface area contributed by atoms with Crippen LogP contribution in [-0.2, 0) is 4.74 Å².